The van der Waals surface area contributed by atoms with Crippen LogP contribution in [0.25, 0.3) is 0 Å². The molecule has 0 saturated heterocycles. The van der Waals surface area contributed by atoms with Crippen molar-refractivity contribution in [1.29, 1.82) is 0 Å². The third kappa shape index (κ3) is 5.59. The first-order chi connectivity index (χ1) is 9.56. The third-order valence-corrected chi connectivity index (χ3v) is 2.87. The topological polar surface area (TPSA) is 67.8 Å². The van der Waals surface area contributed by atoms with Crippen molar-refractivity contribution < 1.29 is 19.4 Å². The summed E-state index contributed by atoms with van der Waals surface area (Å²) >= 11 is 0. The van der Waals surface area contributed by atoms with Crippen LogP contribution in [0, 0.1) is 13.8 Å². The molecule has 1 amide bonds. The Labute approximate surface area is 119 Å². The van der Waals surface area contributed by atoms with Gasteiger partial charge < -0.3 is 19.9 Å². The van der Waals surface area contributed by atoms with Gasteiger partial charge in [0.1, 0.15) is 5.75 Å². The molecule has 0 spiro atoms. The lowest BCUT2D eigenvalue weighted by molar-refractivity contribution is -0.123. The van der Waals surface area contributed by atoms with Crippen molar-refractivity contribution in [2.75, 3.05) is 26.9 Å². The third-order valence-electron chi connectivity index (χ3n) is 2.87. The second-order valence-electron chi connectivity index (χ2n) is 4.77. The predicted octanol–water partition coefficient (Wildman–Crippen LogP) is 1.20. The van der Waals surface area contributed by atoms with Crippen LogP contribution in [-0.2, 0) is 9.53 Å². The smallest absolute Gasteiger partial charge is 0.223 e. The Kier molecular flexibility index (Phi) is 7.04. The summed E-state index contributed by atoms with van der Waals surface area (Å²) in [7, 11) is 1.53. The van der Waals surface area contributed by atoms with Crippen molar-refractivity contribution in [1.82, 2.24) is 5.32 Å². The summed E-state index contributed by atoms with van der Waals surface area (Å²) in [5, 5.41) is 11.7. The highest BCUT2D eigenvalue weighted by Gasteiger charge is 2.11. The fourth-order valence-electron chi connectivity index (χ4n) is 1.86. The number of aliphatic hydroxyl groups is 1. The number of aryl methyl sites for hydroxylation is 2. The molecule has 5 heteroatoms. The van der Waals surface area contributed by atoms with Crippen LogP contribution in [0.3, 0.4) is 0 Å². The normalized spacial score (nSPS) is 12.0. The zero-order valence-electron chi connectivity index (χ0n) is 12.3. The lowest BCUT2D eigenvalue weighted by Crippen LogP contribution is -2.41. The minimum Gasteiger partial charge on any atom is -0.493 e. The number of ether oxygens (including phenoxy) is 2. The molecular formula is C15H23NO4. The number of methoxy groups -OCH3 is 1. The average molecular weight is 281 g/mol. The van der Waals surface area contributed by atoms with Gasteiger partial charge in [0.25, 0.3) is 0 Å². The van der Waals surface area contributed by atoms with Crippen LogP contribution in [0.5, 0.6) is 5.75 Å². The van der Waals surface area contributed by atoms with E-state index in [1.807, 2.05) is 32.0 Å². The van der Waals surface area contributed by atoms with Crippen LogP contribution >= 0.6 is 0 Å². The van der Waals surface area contributed by atoms with Gasteiger partial charge in [-0.15, -0.1) is 0 Å². The monoisotopic (exact) mass is 281 g/mol. The molecular weight excluding hydrogens is 258 g/mol. The largest absolute Gasteiger partial charge is 0.493 e. The Balaban J connectivity index is 2.34. The van der Waals surface area contributed by atoms with Gasteiger partial charge in [0.05, 0.1) is 32.3 Å². The zero-order chi connectivity index (χ0) is 15.0. The molecule has 5 nitrogen and oxygen atoms in total. The summed E-state index contributed by atoms with van der Waals surface area (Å²) in [5.41, 5.74) is 2.23. The van der Waals surface area contributed by atoms with E-state index in [2.05, 4.69) is 5.32 Å². The van der Waals surface area contributed by atoms with Crippen molar-refractivity contribution in [3.8, 4) is 5.75 Å². The highest BCUT2D eigenvalue weighted by atomic mass is 16.5. The van der Waals surface area contributed by atoms with Crippen LogP contribution in [0.4, 0.5) is 0 Å². The van der Waals surface area contributed by atoms with Crippen molar-refractivity contribution in [2.45, 2.75) is 26.3 Å². The van der Waals surface area contributed by atoms with E-state index in [0.29, 0.717) is 13.2 Å². The van der Waals surface area contributed by atoms with Gasteiger partial charge in [-0.2, -0.15) is 0 Å². The fraction of sp³-hybridized carbons (Fsp3) is 0.533. The number of rotatable bonds is 8. The quantitative estimate of drug-likeness (QED) is 0.751. The van der Waals surface area contributed by atoms with Crippen LogP contribution in [0.2, 0.25) is 0 Å². The highest BCUT2D eigenvalue weighted by Crippen LogP contribution is 2.18. The van der Waals surface area contributed by atoms with Crippen LogP contribution < -0.4 is 10.1 Å². The SMILES string of the molecule is COCC(CO)NC(=O)CCOc1ccc(C)cc1C. The number of hydrogen-bond acceptors (Lipinski definition) is 4. The van der Waals surface area contributed by atoms with Gasteiger partial charge in [-0.25, -0.2) is 0 Å². The van der Waals surface area contributed by atoms with Gasteiger partial charge in [0, 0.05) is 7.11 Å². The minimum atomic E-state index is -0.367. The summed E-state index contributed by atoms with van der Waals surface area (Å²) in [5.74, 6) is 0.630. The summed E-state index contributed by atoms with van der Waals surface area (Å²) in [6, 6.07) is 5.55. The zero-order valence-corrected chi connectivity index (χ0v) is 12.3. The van der Waals surface area contributed by atoms with Gasteiger partial charge in [-0.05, 0) is 25.5 Å². The van der Waals surface area contributed by atoms with Gasteiger partial charge >= 0.3 is 0 Å². The molecule has 1 aromatic carbocycles. The van der Waals surface area contributed by atoms with E-state index in [9.17, 15) is 4.79 Å². The van der Waals surface area contributed by atoms with Crippen molar-refractivity contribution in [3.63, 3.8) is 0 Å². The number of benzene rings is 1. The fourth-order valence-corrected chi connectivity index (χ4v) is 1.86. The Morgan fingerprint density at radius 1 is 1.40 bits per heavy atom. The van der Waals surface area contributed by atoms with E-state index in [4.69, 9.17) is 14.6 Å². The Morgan fingerprint density at radius 2 is 2.15 bits per heavy atom. The van der Waals surface area contributed by atoms with Crippen molar-refractivity contribution in [3.05, 3.63) is 29.3 Å². The standard InChI is InChI=1S/C15H23NO4/c1-11-4-5-14(12(2)8-11)20-7-6-15(18)16-13(9-17)10-19-3/h4-5,8,13,17H,6-7,9-10H2,1-3H3,(H,16,18). The summed E-state index contributed by atoms with van der Waals surface area (Å²) < 4.78 is 10.5. The number of aliphatic hydroxyl groups excluding tert-OH is 1. The summed E-state index contributed by atoms with van der Waals surface area (Å²) in [4.78, 5) is 11.7. The van der Waals surface area contributed by atoms with E-state index in [0.717, 1.165) is 11.3 Å². The van der Waals surface area contributed by atoms with Crippen molar-refractivity contribution >= 4 is 5.91 Å². The maximum atomic E-state index is 11.7. The molecule has 2 N–H and O–H groups in total. The van der Waals surface area contributed by atoms with Crippen LogP contribution in [0.15, 0.2) is 18.2 Å². The van der Waals surface area contributed by atoms with E-state index < -0.39 is 0 Å². The lowest BCUT2D eigenvalue weighted by atomic mass is 10.1. The first-order valence-electron chi connectivity index (χ1n) is 6.66. The van der Waals surface area contributed by atoms with Crippen LogP contribution in [0.1, 0.15) is 17.5 Å². The molecule has 0 aromatic heterocycles. The molecule has 20 heavy (non-hydrogen) atoms. The Hall–Kier alpha value is -1.59. The molecule has 1 aromatic rings. The van der Waals surface area contributed by atoms with E-state index >= 15 is 0 Å². The average Bonchev–Trinajstić information content (AvgIpc) is 2.40. The van der Waals surface area contributed by atoms with E-state index in [-0.39, 0.29) is 25.0 Å². The van der Waals surface area contributed by atoms with Gasteiger partial charge in [-0.1, -0.05) is 17.7 Å². The second kappa shape index (κ2) is 8.55. The number of carbonyl (C=O) groups is 1. The number of nitrogens with one attached hydrogen (secondary N) is 1. The molecule has 0 aliphatic carbocycles. The maximum Gasteiger partial charge on any atom is 0.223 e. The summed E-state index contributed by atoms with van der Waals surface area (Å²) in [6.07, 6.45) is 0.244. The van der Waals surface area contributed by atoms with E-state index in [1.54, 1.807) is 0 Å². The van der Waals surface area contributed by atoms with Crippen molar-refractivity contribution in [2.24, 2.45) is 0 Å². The van der Waals surface area contributed by atoms with Gasteiger partial charge in [0.2, 0.25) is 5.91 Å². The second-order valence-corrected chi connectivity index (χ2v) is 4.77. The number of hydrogen-bond donors (Lipinski definition) is 2. The molecule has 1 unspecified atom stereocenters. The molecule has 0 aliphatic heterocycles. The molecule has 112 valence electrons. The molecule has 1 rings (SSSR count). The molecule has 0 aliphatic rings. The first kappa shape index (κ1) is 16.5. The Morgan fingerprint density at radius 3 is 2.75 bits per heavy atom. The molecule has 0 radical (unpaired) electrons. The maximum absolute atomic E-state index is 11.7. The molecule has 1 atom stereocenters. The molecule has 0 bridgehead atoms. The van der Waals surface area contributed by atoms with Gasteiger partial charge in [0.15, 0.2) is 0 Å². The van der Waals surface area contributed by atoms with Crippen LogP contribution in [-0.4, -0.2) is 44.0 Å². The molecule has 0 saturated carbocycles. The predicted molar refractivity (Wildman–Crippen MR) is 76.9 cm³/mol. The summed E-state index contributed by atoms with van der Waals surface area (Å²) in [6.45, 7) is 4.45. The number of carbonyl (C=O) groups excluding carboxylic acids is 1. The minimum absolute atomic E-state index is 0.141. The number of amides is 1. The molecule has 0 heterocycles. The highest BCUT2D eigenvalue weighted by molar-refractivity contribution is 5.76. The lowest BCUT2D eigenvalue weighted by Gasteiger charge is -2.15. The van der Waals surface area contributed by atoms with Gasteiger partial charge in [-0.3, -0.25) is 4.79 Å². The first-order valence-corrected chi connectivity index (χ1v) is 6.66. The van der Waals surface area contributed by atoms with E-state index in [1.165, 1.54) is 12.7 Å². The molecule has 0 fully saturated rings. The Bertz CT molecular complexity index is 434.